The quantitative estimate of drug-likeness (QED) is 0.198. The molecule has 186 valence electrons. The van der Waals surface area contributed by atoms with Gasteiger partial charge in [0, 0.05) is 35.4 Å². The van der Waals surface area contributed by atoms with Gasteiger partial charge in [-0.2, -0.15) is 0 Å². The van der Waals surface area contributed by atoms with Gasteiger partial charge in [0.15, 0.2) is 11.6 Å². The van der Waals surface area contributed by atoms with Crippen LogP contribution in [0.25, 0.3) is 0 Å². The smallest absolute Gasteiger partial charge is 0.164 e. The van der Waals surface area contributed by atoms with Gasteiger partial charge in [-0.25, -0.2) is 0 Å². The molecule has 1 aromatic rings. The second-order valence-corrected chi connectivity index (χ2v) is 5.41. The van der Waals surface area contributed by atoms with E-state index >= 15 is 0 Å². The van der Waals surface area contributed by atoms with Crippen LogP contribution in [0.1, 0.15) is 106 Å². The van der Waals surface area contributed by atoms with Gasteiger partial charge < -0.3 is 11.5 Å². The summed E-state index contributed by atoms with van der Waals surface area (Å²) >= 11 is 0. The van der Waals surface area contributed by atoms with Crippen molar-refractivity contribution in [3.63, 3.8) is 0 Å². The number of nitrogens with two attached hydrogens (primary N) is 2. The lowest BCUT2D eigenvalue weighted by atomic mass is 10.1. The number of carbonyl (C=O) groups excluding carboxylic acids is 2. The van der Waals surface area contributed by atoms with Crippen LogP contribution >= 0.6 is 0 Å². The Hall–Kier alpha value is -2.62. The largest absolute Gasteiger partial charge is 0.398 e. The Labute approximate surface area is 199 Å². The molecule has 4 nitrogen and oxygen atoms in total. The summed E-state index contributed by atoms with van der Waals surface area (Å²) in [7, 11) is 0. The minimum atomic E-state index is 0.0631. The number of carbonyl (C=O) groups is 2. The SMILES string of the molecule is C=C/C=C(N)\C(=C/C)C(=O)CC.CC.CC.CC.CCC.CCC(=O)c1ccccc1N. The van der Waals surface area contributed by atoms with Crippen molar-refractivity contribution in [2.75, 3.05) is 5.73 Å². The number of Topliss-reactive ketones (excluding diaryl/α,β-unsaturated/α-hetero) is 2. The van der Waals surface area contributed by atoms with E-state index in [0.717, 1.165) is 0 Å². The van der Waals surface area contributed by atoms with Crippen molar-refractivity contribution in [3.05, 3.63) is 65.9 Å². The third kappa shape index (κ3) is 22.1. The molecule has 0 aliphatic carbocycles. The molecule has 4 heteroatoms. The highest BCUT2D eigenvalue weighted by Crippen LogP contribution is 2.12. The maximum Gasteiger partial charge on any atom is 0.164 e. The normalized spacial score (nSPS) is 9.22. The third-order valence-corrected chi connectivity index (χ3v) is 3.10. The molecule has 0 spiro atoms. The van der Waals surface area contributed by atoms with E-state index in [1.165, 1.54) is 6.42 Å². The van der Waals surface area contributed by atoms with Gasteiger partial charge in [-0.05, 0) is 25.1 Å². The van der Waals surface area contributed by atoms with Gasteiger partial charge in [0.05, 0.1) is 0 Å². The summed E-state index contributed by atoms with van der Waals surface area (Å²) in [5.74, 6) is 0.163. The van der Waals surface area contributed by atoms with E-state index in [0.29, 0.717) is 35.4 Å². The van der Waals surface area contributed by atoms with Gasteiger partial charge in [0.1, 0.15) is 0 Å². The molecule has 0 atom stereocenters. The van der Waals surface area contributed by atoms with E-state index in [1.54, 1.807) is 37.3 Å². The van der Waals surface area contributed by atoms with E-state index in [2.05, 4.69) is 20.4 Å². The summed E-state index contributed by atoms with van der Waals surface area (Å²) in [5, 5.41) is 0. The lowest BCUT2D eigenvalue weighted by Gasteiger charge is -2.02. The molecule has 0 aliphatic heterocycles. The maximum absolute atomic E-state index is 11.2. The zero-order valence-corrected chi connectivity index (χ0v) is 22.8. The van der Waals surface area contributed by atoms with Gasteiger partial charge in [0.2, 0.25) is 0 Å². The van der Waals surface area contributed by atoms with E-state index in [1.807, 2.05) is 67.5 Å². The van der Waals surface area contributed by atoms with Crippen LogP contribution in [0.15, 0.2) is 60.3 Å². The predicted molar refractivity (Wildman–Crippen MR) is 147 cm³/mol. The van der Waals surface area contributed by atoms with Crippen LogP contribution in [0.4, 0.5) is 5.69 Å². The summed E-state index contributed by atoms with van der Waals surface area (Å²) in [6.07, 6.45) is 7.16. The molecule has 0 saturated heterocycles. The molecule has 0 bridgehead atoms. The summed E-state index contributed by atoms with van der Waals surface area (Å²) in [6.45, 7) is 25.2. The zero-order chi connectivity index (χ0) is 26.5. The molecule has 1 rings (SSSR count). The molecule has 0 saturated carbocycles. The highest BCUT2D eigenvalue weighted by molar-refractivity contribution is 6.00. The van der Waals surface area contributed by atoms with Crippen molar-refractivity contribution in [1.82, 2.24) is 0 Å². The molecule has 1 aromatic carbocycles. The van der Waals surface area contributed by atoms with Crippen molar-refractivity contribution in [2.24, 2.45) is 5.73 Å². The van der Waals surface area contributed by atoms with Gasteiger partial charge in [0.25, 0.3) is 0 Å². The number of anilines is 1. The molecule has 32 heavy (non-hydrogen) atoms. The van der Waals surface area contributed by atoms with Crippen LogP contribution in [0, 0.1) is 0 Å². The standard InChI is InChI=1S/C10H15NO.C9H11NO.C3H8.3C2H6/c1-4-7-9(11)8(5-2)10(12)6-3;1-2-9(11)7-5-3-4-6-8(7)10;1-3-2;3*1-2/h4-5,7H,1,6,11H2,2-3H3;3-6H,2,10H2,1H3;3H2,1-2H3;3*1-2H3/b8-5+,9-7+;;;;;. The molecule has 0 fully saturated rings. The Morgan fingerprint density at radius 3 is 1.66 bits per heavy atom. The number of rotatable bonds is 6. The van der Waals surface area contributed by atoms with Gasteiger partial charge in [-0.1, -0.05) is 107 Å². The fourth-order valence-corrected chi connectivity index (χ4v) is 1.84. The molecule has 0 unspecified atom stereocenters. The monoisotopic (exact) mass is 448 g/mol. The van der Waals surface area contributed by atoms with Crippen molar-refractivity contribution in [2.45, 2.75) is 95.4 Å². The van der Waals surface area contributed by atoms with E-state index in [4.69, 9.17) is 11.5 Å². The predicted octanol–water partition coefficient (Wildman–Crippen LogP) is 8.30. The van der Waals surface area contributed by atoms with Gasteiger partial charge >= 0.3 is 0 Å². The lowest BCUT2D eigenvalue weighted by Crippen LogP contribution is -2.09. The first kappa shape index (κ1) is 39.8. The molecule has 0 aliphatic rings. The summed E-state index contributed by atoms with van der Waals surface area (Å²) in [4.78, 5) is 22.4. The zero-order valence-electron chi connectivity index (χ0n) is 22.8. The van der Waals surface area contributed by atoms with Crippen molar-refractivity contribution in [3.8, 4) is 0 Å². The van der Waals surface area contributed by atoms with Crippen LogP contribution in [-0.4, -0.2) is 11.6 Å². The number of allylic oxidation sites excluding steroid dienone is 4. The summed E-state index contributed by atoms with van der Waals surface area (Å²) in [6, 6.07) is 7.13. The highest BCUT2D eigenvalue weighted by Gasteiger charge is 2.07. The van der Waals surface area contributed by atoms with Crippen LogP contribution in [0.3, 0.4) is 0 Å². The van der Waals surface area contributed by atoms with Gasteiger partial charge in [-0.15, -0.1) is 0 Å². The molecular weight excluding hydrogens is 396 g/mol. The summed E-state index contributed by atoms with van der Waals surface area (Å²) in [5.41, 5.74) is 13.5. The first-order valence-corrected chi connectivity index (χ1v) is 12.0. The minimum absolute atomic E-state index is 0.0631. The van der Waals surface area contributed by atoms with Crippen molar-refractivity contribution in [1.29, 1.82) is 0 Å². The second kappa shape index (κ2) is 33.0. The van der Waals surface area contributed by atoms with Gasteiger partial charge in [-0.3, -0.25) is 9.59 Å². The average Bonchev–Trinajstić information content (AvgIpc) is 2.84. The molecule has 4 N–H and O–H groups in total. The number of hydrogen-bond acceptors (Lipinski definition) is 4. The molecule has 0 aromatic heterocycles. The summed E-state index contributed by atoms with van der Waals surface area (Å²) < 4.78 is 0. The fourth-order valence-electron chi connectivity index (χ4n) is 1.84. The van der Waals surface area contributed by atoms with Crippen LogP contribution in [0.5, 0.6) is 0 Å². The molecule has 0 heterocycles. The fraction of sp³-hybridized carbons (Fsp3) is 0.500. The Kier molecular flexibility index (Phi) is 41.1. The van der Waals surface area contributed by atoms with Crippen LogP contribution in [-0.2, 0) is 4.79 Å². The Balaban J connectivity index is -0.000000112. The maximum atomic E-state index is 11.2. The number of benzene rings is 1. The Bertz CT molecular complexity index is 630. The van der Waals surface area contributed by atoms with E-state index < -0.39 is 0 Å². The molecule has 0 radical (unpaired) electrons. The van der Waals surface area contributed by atoms with Crippen molar-refractivity contribution >= 4 is 17.3 Å². The first-order chi connectivity index (χ1) is 15.3. The topological polar surface area (TPSA) is 86.2 Å². The number of nitrogen functional groups attached to an aromatic ring is 1. The molecular formula is C28H52N2O2. The number of hydrogen-bond donors (Lipinski definition) is 2. The van der Waals surface area contributed by atoms with Crippen LogP contribution in [0.2, 0.25) is 0 Å². The first-order valence-electron chi connectivity index (χ1n) is 12.0. The third-order valence-electron chi connectivity index (χ3n) is 3.10. The highest BCUT2D eigenvalue weighted by atomic mass is 16.1. The lowest BCUT2D eigenvalue weighted by molar-refractivity contribution is -0.115. The minimum Gasteiger partial charge on any atom is -0.398 e. The second-order valence-electron chi connectivity index (χ2n) is 5.41. The van der Waals surface area contributed by atoms with E-state index in [9.17, 15) is 9.59 Å². The van der Waals surface area contributed by atoms with E-state index in [-0.39, 0.29) is 11.6 Å². The molecule has 0 amide bonds. The Morgan fingerprint density at radius 2 is 1.34 bits per heavy atom. The van der Waals surface area contributed by atoms with Crippen molar-refractivity contribution < 1.29 is 9.59 Å². The average molecular weight is 449 g/mol. The number of ketones is 2. The van der Waals surface area contributed by atoms with Crippen LogP contribution < -0.4 is 11.5 Å². The number of para-hydroxylation sites is 1. The Morgan fingerprint density at radius 1 is 0.906 bits per heavy atom.